The van der Waals surface area contributed by atoms with Crippen LogP contribution in [0, 0.1) is 6.92 Å². The maximum absolute atomic E-state index is 10.8. The molecule has 16 heavy (non-hydrogen) atoms. The summed E-state index contributed by atoms with van der Waals surface area (Å²) in [6.45, 7) is 5.08. The van der Waals surface area contributed by atoms with E-state index in [1.54, 1.807) is 6.92 Å². The first kappa shape index (κ1) is 12.4. The summed E-state index contributed by atoms with van der Waals surface area (Å²) in [5.74, 6) is -0.669. The van der Waals surface area contributed by atoms with E-state index in [0.717, 1.165) is 0 Å². The van der Waals surface area contributed by atoms with E-state index in [0.29, 0.717) is 31.4 Å². The number of carboxylic acids is 1. The van der Waals surface area contributed by atoms with Crippen LogP contribution < -0.4 is 4.74 Å². The van der Waals surface area contributed by atoms with Gasteiger partial charge in [-0.05, 0) is 19.9 Å². The SMILES string of the molecule is CCOCCOc1cc(C(=O)O)cc(C)n1. The Labute approximate surface area is 94.0 Å². The topological polar surface area (TPSA) is 68.7 Å². The van der Waals surface area contributed by atoms with Crippen molar-refractivity contribution < 1.29 is 19.4 Å². The predicted molar refractivity (Wildman–Crippen MR) is 57.9 cm³/mol. The Morgan fingerprint density at radius 3 is 2.81 bits per heavy atom. The van der Waals surface area contributed by atoms with Gasteiger partial charge in [-0.3, -0.25) is 0 Å². The number of ether oxygens (including phenoxy) is 2. The van der Waals surface area contributed by atoms with Crippen LogP contribution in [0.2, 0.25) is 0 Å². The highest BCUT2D eigenvalue weighted by Crippen LogP contribution is 2.12. The van der Waals surface area contributed by atoms with Crippen molar-refractivity contribution in [1.29, 1.82) is 0 Å². The van der Waals surface area contributed by atoms with E-state index < -0.39 is 5.97 Å². The van der Waals surface area contributed by atoms with Crippen molar-refractivity contribution in [3.63, 3.8) is 0 Å². The largest absolute Gasteiger partial charge is 0.478 e. The van der Waals surface area contributed by atoms with Gasteiger partial charge in [-0.1, -0.05) is 0 Å². The summed E-state index contributed by atoms with van der Waals surface area (Å²) in [7, 11) is 0. The lowest BCUT2D eigenvalue weighted by atomic mass is 10.2. The Morgan fingerprint density at radius 2 is 2.19 bits per heavy atom. The van der Waals surface area contributed by atoms with Gasteiger partial charge < -0.3 is 14.6 Å². The molecular formula is C11H15NO4. The molecule has 1 aromatic rings. The maximum Gasteiger partial charge on any atom is 0.335 e. The third-order valence-electron chi connectivity index (χ3n) is 1.86. The van der Waals surface area contributed by atoms with Crippen LogP contribution >= 0.6 is 0 Å². The Bertz CT molecular complexity index is 365. The van der Waals surface area contributed by atoms with E-state index >= 15 is 0 Å². The molecule has 1 N–H and O–H groups in total. The number of aromatic carboxylic acids is 1. The zero-order valence-electron chi connectivity index (χ0n) is 9.40. The molecule has 0 aliphatic heterocycles. The molecule has 1 heterocycles. The molecule has 5 heteroatoms. The average Bonchev–Trinajstić information content (AvgIpc) is 2.23. The number of pyridine rings is 1. The number of carboxylic acid groups (broad SMARTS) is 1. The fraction of sp³-hybridized carbons (Fsp3) is 0.455. The average molecular weight is 225 g/mol. The maximum atomic E-state index is 10.8. The third kappa shape index (κ3) is 3.86. The van der Waals surface area contributed by atoms with Crippen LogP contribution in [0.5, 0.6) is 5.88 Å². The predicted octanol–water partition coefficient (Wildman–Crippen LogP) is 1.50. The summed E-state index contributed by atoms with van der Waals surface area (Å²) in [4.78, 5) is 14.8. The smallest absolute Gasteiger partial charge is 0.335 e. The summed E-state index contributed by atoms with van der Waals surface area (Å²) >= 11 is 0. The van der Waals surface area contributed by atoms with E-state index in [4.69, 9.17) is 14.6 Å². The molecule has 0 aromatic carbocycles. The molecule has 0 bridgehead atoms. The van der Waals surface area contributed by atoms with Crippen LogP contribution in [0.4, 0.5) is 0 Å². The number of hydrogen-bond donors (Lipinski definition) is 1. The standard InChI is InChI=1S/C11H15NO4/c1-3-15-4-5-16-10-7-9(11(13)14)6-8(2)12-10/h6-7H,3-5H2,1-2H3,(H,13,14). The summed E-state index contributed by atoms with van der Waals surface area (Å²) in [6, 6.07) is 2.90. The molecule has 0 aliphatic carbocycles. The fourth-order valence-corrected chi connectivity index (χ4v) is 1.19. The minimum atomic E-state index is -0.986. The van der Waals surface area contributed by atoms with Crippen molar-refractivity contribution in [3.05, 3.63) is 23.4 Å². The molecule has 0 fully saturated rings. The van der Waals surface area contributed by atoms with E-state index in [2.05, 4.69) is 4.98 Å². The number of carbonyl (C=O) groups is 1. The molecule has 5 nitrogen and oxygen atoms in total. The van der Waals surface area contributed by atoms with Crippen molar-refractivity contribution in [2.45, 2.75) is 13.8 Å². The molecule has 0 saturated heterocycles. The van der Waals surface area contributed by atoms with Crippen molar-refractivity contribution in [1.82, 2.24) is 4.98 Å². The van der Waals surface area contributed by atoms with Gasteiger partial charge in [0.15, 0.2) is 0 Å². The monoisotopic (exact) mass is 225 g/mol. The zero-order valence-corrected chi connectivity index (χ0v) is 9.40. The van der Waals surface area contributed by atoms with Crippen LogP contribution in [0.15, 0.2) is 12.1 Å². The van der Waals surface area contributed by atoms with Crippen LogP contribution in [0.25, 0.3) is 0 Å². The minimum absolute atomic E-state index is 0.180. The lowest BCUT2D eigenvalue weighted by molar-refractivity contribution is 0.0695. The summed E-state index contributed by atoms with van der Waals surface area (Å²) in [5, 5.41) is 8.84. The lowest BCUT2D eigenvalue weighted by Crippen LogP contribution is -2.08. The molecule has 1 aromatic heterocycles. The molecule has 0 radical (unpaired) electrons. The van der Waals surface area contributed by atoms with E-state index in [1.165, 1.54) is 12.1 Å². The normalized spacial score (nSPS) is 10.1. The van der Waals surface area contributed by atoms with E-state index in [9.17, 15) is 4.79 Å². The lowest BCUT2D eigenvalue weighted by Gasteiger charge is -2.06. The number of aromatic nitrogens is 1. The van der Waals surface area contributed by atoms with Crippen molar-refractivity contribution in [2.75, 3.05) is 19.8 Å². The second-order valence-corrected chi connectivity index (χ2v) is 3.19. The molecule has 0 saturated carbocycles. The van der Waals surface area contributed by atoms with Gasteiger partial charge in [-0.15, -0.1) is 0 Å². The van der Waals surface area contributed by atoms with E-state index in [1.807, 2.05) is 6.92 Å². The highest BCUT2D eigenvalue weighted by molar-refractivity contribution is 5.87. The number of aryl methyl sites for hydroxylation is 1. The Kier molecular flexibility index (Phi) is 4.72. The van der Waals surface area contributed by atoms with Gasteiger partial charge in [0.25, 0.3) is 0 Å². The van der Waals surface area contributed by atoms with Gasteiger partial charge >= 0.3 is 5.97 Å². The second kappa shape index (κ2) is 6.07. The van der Waals surface area contributed by atoms with Crippen LogP contribution in [-0.4, -0.2) is 35.9 Å². The highest BCUT2D eigenvalue weighted by atomic mass is 16.5. The highest BCUT2D eigenvalue weighted by Gasteiger charge is 2.07. The number of hydrogen-bond acceptors (Lipinski definition) is 4. The van der Waals surface area contributed by atoms with Crippen molar-refractivity contribution >= 4 is 5.97 Å². The number of nitrogens with zero attached hydrogens (tertiary/aromatic N) is 1. The van der Waals surface area contributed by atoms with Gasteiger partial charge in [0.2, 0.25) is 5.88 Å². The van der Waals surface area contributed by atoms with Crippen LogP contribution in [-0.2, 0) is 4.74 Å². The molecule has 0 unspecified atom stereocenters. The van der Waals surface area contributed by atoms with Gasteiger partial charge in [0.05, 0.1) is 12.2 Å². The fourth-order valence-electron chi connectivity index (χ4n) is 1.19. The molecule has 0 atom stereocenters. The molecular weight excluding hydrogens is 210 g/mol. The van der Waals surface area contributed by atoms with Crippen molar-refractivity contribution in [3.8, 4) is 5.88 Å². The molecule has 1 rings (SSSR count). The zero-order chi connectivity index (χ0) is 12.0. The Morgan fingerprint density at radius 1 is 1.44 bits per heavy atom. The van der Waals surface area contributed by atoms with Gasteiger partial charge in [-0.2, -0.15) is 0 Å². The van der Waals surface area contributed by atoms with Crippen molar-refractivity contribution in [2.24, 2.45) is 0 Å². The van der Waals surface area contributed by atoms with Gasteiger partial charge in [0, 0.05) is 18.4 Å². The van der Waals surface area contributed by atoms with Crippen LogP contribution in [0.3, 0.4) is 0 Å². The third-order valence-corrected chi connectivity index (χ3v) is 1.86. The summed E-state index contributed by atoms with van der Waals surface area (Å²) in [6.07, 6.45) is 0. The van der Waals surface area contributed by atoms with E-state index in [-0.39, 0.29) is 5.56 Å². The Balaban J connectivity index is 2.62. The van der Waals surface area contributed by atoms with Gasteiger partial charge in [-0.25, -0.2) is 9.78 Å². The van der Waals surface area contributed by atoms with Gasteiger partial charge in [0.1, 0.15) is 6.61 Å². The first-order valence-electron chi connectivity index (χ1n) is 5.06. The summed E-state index contributed by atoms with van der Waals surface area (Å²) < 4.78 is 10.4. The minimum Gasteiger partial charge on any atom is -0.478 e. The first-order valence-corrected chi connectivity index (χ1v) is 5.06. The summed E-state index contributed by atoms with van der Waals surface area (Å²) in [5.41, 5.74) is 0.796. The quantitative estimate of drug-likeness (QED) is 0.743. The molecule has 88 valence electrons. The number of rotatable bonds is 6. The molecule has 0 amide bonds. The Hall–Kier alpha value is -1.62. The molecule has 0 aliphatic rings. The van der Waals surface area contributed by atoms with Crippen LogP contribution in [0.1, 0.15) is 23.0 Å². The second-order valence-electron chi connectivity index (χ2n) is 3.19. The molecule has 0 spiro atoms. The first-order chi connectivity index (χ1) is 7.63.